The first-order valence-corrected chi connectivity index (χ1v) is 5.29. The lowest BCUT2D eigenvalue weighted by molar-refractivity contribution is -0.0533. The summed E-state index contributed by atoms with van der Waals surface area (Å²) in [6.07, 6.45) is 0.861. The quantitative estimate of drug-likeness (QED) is 0.837. The number of aryl methyl sites for hydroxylation is 1. The number of hydrogen-bond acceptors (Lipinski definition) is 4. The molecule has 0 bridgehead atoms. The van der Waals surface area contributed by atoms with E-state index in [0.29, 0.717) is 0 Å². The van der Waals surface area contributed by atoms with Crippen molar-refractivity contribution in [3.8, 4) is 5.88 Å². The molecule has 0 radical (unpaired) electrons. The van der Waals surface area contributed by atoms with Gasteiger partial charge in [-0.3, -0.25) is 0 Å². The van der Waals surface area contributed by atoms with Gasteiger partial charge in [-0.2, -0.15) is 8.78 Å². The maximum Gasteiger partial charge on any atom is 0.388 e. The number of alkyl halides is 2. The van der Waals surface area contributed by atoms with Crippen LogP contribution in [0.1, 0.15) is 5.56 Å². The Hall–Kier alpha value is -1.28. The molecule has 1 heterocycles. The number of ether oxygens (including phenoxy) is 1. The Morgan fingerprint density at radius 1 is 1.53 bits per heavy atom. The second-order valence-corrected chi connectivity index (χ2v) is 4.28. The normalized spacial score (nSPS) is 11.8. The van der Waals surface area contributed by atoms with Crippen LogP contribution in [-0.4, -0.2) is 20.0 Å². The van der Waals surface area contributed by atoms with Crippen LogP contribution >= 0.6 is 0 Å². The van der Waals surface area contributed by atoms with E-state index in [1.165, 1.54) is 6.92 Å². The van der Waals surface area contributed by atoms with Crippen LogP contribution in [0.25, 0.3) is 0 Å². The van der Waals surface area contributed by atoms with Gasteiger partial charge in [0.05, 0.1) is 6.20 Å². The fraction of sp³-hybridized carbons (Fsp3) is 0.286. The number of primary sulfonamides is 1. The van der Waals surface area contributed by atoms with Crippen molar-refractivity contribution in [3.63, 3.8) is 0 Å². The Morgan fingerprint density at radius 2 is 2.13 bits per heavy atom. The largest absolute Gasteiger partial charge is 0.417 e. The van der Waals surface area contributed by atoms with E-state index in [-0.39, 0.29) is 16.3 Å². The number of sulfonamides is 1. The van der Waals surface area contributed by atoms with Crippen molar-refractivity contribution in [2.45, 2.75) is 18.4 Å². The van der Waals surface area contributed by atoms with Crippen LogP contribution in [0, 0.1) is 6.92 Å². The number of halogens is 2. The van der Waals surface area contributed by atoms with Crippen LogP contribution < -0.4 is 9.88 Å². The first kappa shape index (κ1) is 11.8. The summed E-state index contributed by atoms with van der Waals surface area (Å²) in [6, 6.07) is 1.11. The monoisotopic (exact) mass is 238 g/mol. The van der Waals surface area contributed by atoms with Gasteiger partial charge in [0.2, 0.25) is 15.9 Å². The molecule has 84 valence electrons. The highest BCUT2D eigenvalue weighted by Crippen LogP contribution is 2.19. The van der Waals surface area contributed by atoms with Crippen molar-refractivity contribution >= 4 is 10.0 Å². The molecule has 0 aliphatic carbocycles. The Kier molecular flexibility index (Phi) is 3.20. The average molecular weight is 238 g/mol. The zero-order chi connectivity index (χ0) is 11.6. The smallest absolute Gasteiger partial charge is 0.388 e. The number of pyridine rings is 1. The third-order valence-corrected chi connectivity index (χ3v) is 2.41. The Labute approximate surface area is 84.9 Å². The predicted octanol–water partition coefficient (Wildman–Crippen LogP) is 0.639. The molecular formula is C7H8F2N2O3S. The molecule has 0 unspecified atom stereocenters. The maximum absolute atomic E-state index is 11.8. The molecule has 0 aliphatic heterocycles. The topological polar surface area (TPSA) is 82.3 Å². The molecule has 1 aromatic rings. The van der Waals surface area contributed by atoms with Gasteiger partial charge in [0, 0.05) is 5.56 Å². The number of hydrogen-bond donors (Lipinski definition) is 1. The Balaban J connectivity index is 3.09. The minimum absolute atomic E-state index is 0.168. The molecule has 0 aromatic carbocycles. The van der Waals surface area contributed by atoms with Gasteiger partial charge in [0.25, 0.3) is 0 Å². The number of rotatable bonds is 3. The molecule has 8 heteroatoms. The van der Waals surface area contributed by atoms with E-state index >= 15 is 0 Å². The molecule has 0 saturated carbocycles. The van der Waals surface area contributed by atoms with Gasteiger partial charge in [0.1, 0.15) is 4.90 Å². The lowest BCUT2D eigenvalue weighted by Gasteiger charge is -2.07. The number of nitrogens with zero attached hydrogens (tertiary/aromatic N) is 1. The minimum Gasteiger partial charge on any atom is -0.417 e. The molecule has 5 nitrogen and oxygen atoms in total. The van der Waals surface area contributed by atoms with E-state index in [4.69, 9.17) is 5.14 Å². The highest BCUT2D eigenvalue weighted by Gasteiger charge is 2.13. The Bertz CT molecular complexity index is 461. The summed E-state index contributed by atoms with van der Waals surface area (Å²) in [5.74, 6) is -0.322. The molecule has 15 heavy (non-hydrogen) atoms. The number of nitrogens with two attached hydrogens (primary N) is 1. The van der Waals surface area contributed by atoms with Gasteiger partial charge in [-0.25, -0.2) is 18.5 Å². The van der Waals surface area contributed by atoms with Crippen molar-refractivity contribution in [2.24, 2.45) is 5.14 Å². The molecule has 0 atom stereocenters. The minimum atomic E-state index is -3.88. The molecule has 0 aliphatic rings. The summed E-state index contributed by atoms with van der Waals surface area (Å²) in [5.41, 5.74) is 0.168. The summed E-state index contributed by atoms with van der Waals surface area (Å²) < 4.78 is 49.4. The highest BCUT2D eigenvalue weighted by molar-refractivity contribution is 7.89. The van der Waals surface area contributed by atoms with Crippen LogP contribution in [0.5, 0.6) is 5.88 Å². The predicted molar refractivity (Wildman–Crippen MR) is 47.0 cm³/mol. The standard InChI is InChI=1S/C7H8F2N2O3S/c1-4-2-5(15(10,12)13)3-11-6(4)14-7(8)9/h2-3,7H,1H3,(H2,10,12,13). The zero-order valence-electron chi connectivity index (χ0n) is 7.65. The van der Waals surface area contributed by atoms with E-state index in [2.05, 4.69) is 9.72 Å². The molecule has 2 N–H and O–H groups in total. The van der Waals surface area contributed by atoms with Crippen molar-refractivity contribution in [3.05, 3.63) is 17.8 Å². The molecule has 1 rings (SSSR count). The highest BCUT2D eigenvalue weighted by atomic mass is 32.2. The molecule has 0 fully saturated rings. The van der Waals surface area contributed by atoms with E-state index in [1.807, 2.05) is 0 Å². The summed E-state index contributed by atoms with van der Waals surface area (Å²) in [4.78, 5) is 3.17. The number of aromatic nitrogens is 1. The summed E-state index contributed by atoms with van der Waals surface area (Å²) >= 11 is 0. The van der Waals surface area contributed by atoms with Crippen molar-refractivity contribution in [1.82, 2.24) is 4.98 Å². The van der Waals surface area contributed by atoms with Crippen molar-refractivity contribution in [1.29, 1.82) is 0 Å². The second-order valence-electron chi connectivity index (χ2n) is 2.72. The average Bonchev–Trinajstić information content (AvgIpc) is 2.05. The van der Waals surface area contributed by atoms with Gasteiger partial charge in [-0.15, -0.1) is 0 Å². The lowest BCUT2D eigenvalue weighted by Crippen LogP contribution is -2.13. The Morgan fingerprint density at radius 3 is 2.53 bits per heavy atom. The van der Waals surface area contributed by atoms with Crippen molar-refractivity contribution < 1.29 is 21.9 Å². The third-order valence-electron chi connectivity index (χ3n) is 1.53. The van der Waals surface area contributed by atoms with Crippen LogP contribution in [0.4, 0.5) is 8.78 Å². The zero-order valence-corrected chi connectivity index (χ0v) is 8.46. The summed E-state index contributed by atoms with van der Waals surface area (Å²) in [6.45, 7) is -1.61. The fourth-order valence-electron chi connectivity index (χ4n) is 0.900. The first-order valence-electron chi connectivity index (χ1n) is 3.75. The van der Waals surface area contributed by atoms with E-state index in [0.717, 1.165) is 12.3 Å². The van der Waals surface area contributed by atoms with Gasteiger partial charge >= 0.3 is 6.61 Å². The first-order chi connectivity index (χ1) is 6.80. The van der Waals surface area contributed by atoms with Gasteiger partial charge in [0.15, 0.2) is 0 Å². The van der Waals surface area contributed by atoms with Crippen LogP contribution in [0.3, 0.4) is 0 Å². The molecule has 0 spiro atoms. The molecule has 1 aromatic heterocycles. The molecule has 0 saturated heterocycles. The van der Waals surface area contributed by atoms with E-state index < -0.39 is 16.6 Å². The van der Waals surface area contributed by atoms with Gasteiger partial charge in [-0.05, 0) is 13.0 Å². The third kappa shape index (κ3) is 3.10. The summed E-state index contributed by atoms with van der Waals surface area (Å²) in [5, 5.41) is 4.82. The fourth-order valence-corrected chi connectivity index (χ4v) is 1.44. The van der Waals surface area contributed by atoms with Gasteiger partial charge in [-0.1, -0.05) is 0 Å². The van der Waals surface area contributed by atoms with Crippen LogP contribution in [0.15, 0.2) is 17.2 Å². The van der Waals surface area contributed by atoms with Crippen LogP contribution in [-0.2, 0) is 10.0 Å². The molecule has 0 amide bonds. The maximum atomic E-state index is 11.8. The van der Waals surface area contributed by atoms with E-state index in [1.54, 1.807) is 0 Å². The summed E-state index contributed by atoms with van der Waals surface area (Å²) in [7, 11) is -3.88. The van der Waals surface area contributed by atoms with Gasteiger partial charge < -0.3 is 4.74 Å². The lowest BCUT2D eigenvalue weighted by atomic mass is 10.3. The molecular weight excluding hydrogens is 230 g/mol. The van der Waals surface area contributed by atoms with Crippen LogP contribution in [0.2, 0.25) is 0 Å². The SMILES string of the molecule is Cc1cc(S(N)(=O)=O)cnc1OC(F)F. The van der Waals surface area contributed by atoms with E-state index in [9.17, 15) is 17.2 Å². The van der Waals surface area contributed by atoms with Crippen molar-refractivity contribution in [2.75, 3.05) is 0 Å². The second kappa shape index (κ2) is 4.07.